The Labute approximate surface area is 189 Å². The number of amides is 2. The van der Waals surface area contributed by atoms with Crippen LogP contribution >= 0.6 is 0 Å². The van der Waals surface area contributed by atoms with Crippen LogP contribution in [0.15, 0.2) is 54.5 Å². The molecule has 7 nitrogen and oxygen atoms in total. The number of rotatable bonds is 7. The van der Waals surface area contributed by atoms with Gasteiger partial charge in [-0.2, -0.15) is 0 Å². The number of hydrogen-bond acceptors (Lipinski definition) is 6. The van der Waals surface area contributed by atoms with Crippen molar-refractivity contribution in [3.8, 4) is 5.75 Å². The first-order valence-electron chi connectivity index (χ1n) is 11.1. The molecule has 2 amide bonds. The Morgan fingerprint density at radius 2 is 1.69 bits per heavy atom. The van der Waals surface area contributed by atoms with Crippen LogP contribution in [0, 0.1) is 0 Å². The Morgan fingerprint density at radius 3 is 2.31 bits per heavy atom. The van der Waals surface area contributed by atoms with Gasteiger partial charge < -0.3 is 14.5 Å². The van der Waals surface area contributed by atoms with Crippen LogP contribution in [0.3, 0.4) is 0 Å². The average molecular weight is 435 g/mol. The third-order valence-corrected chi connectivity index (χ3v) is 6.28. The molecule has 0 spiro atoms. The molecular formula is C25H30N4O3. The first-order chi connectivity index (χ1) is 15.5. The second-order valence-electron chi connectivity index (χ2n) is 8.38. The summed E-state index contributed by atoms with van der Waals surface area (Å²) < 4.78 is 5.55. The van der Waals surface area contributed by atoms with Crippen LogP contribution < -0.4 is 4.74 Å². The van der Waals surface area contributed by atoms with Crippen LogP contribution in [-0.2, 0) is 16.1 Å². The molecule has 168 valence electrons. The second-order valence-corrected chi connectivity index (χ2v) is 8.38. The summed E-state index contributed by atoms with van der Waals surface area (Å²) in [7, 11) is 4.06. The van der Waals surface area contributed by atoms with Crippen molar-refractivity contribution in [3.63, 3.8) is 0 Å². The van der Waals surface area contributed by atoms with Crippen molar-refractivity contribution in [2.75, 3.05) is 33.8 Å². The summed E-state index contributed by atoms with van der Waals surface area (Å²) in [6.45, 7) is 4.68. The van der Waals surface area contributed by atoms with Gasteiger partial charge >= 0.3 is 0 Å². The van der Waals surface area contributed by atoms with E-state index in [1.54, 1.807) is 12.4 Å². The molecule has 0 unspecified atom stereocenters. The van der Waals surface area contributed by atoms with Gasteiger partial charge in [-0.3, -0.25) is 19.5 Å². The van der Waals surface area contributed by atoms with Crippen LogP contribution in [0.25, 0.3) is 5.57 Å². The zero-order chi connectivity index (χ0) is 22.7. The van der Waals surface area contributed by atoms with Crippen LogP contribution in [0.2, 0.25) is 0 Å². The van der Waals surface area contributed by atoms with E-state index in [0.29, 0.717) is 17.9 Å². The minimum Gasteiger partial charge on any atom is -0.494 e. The minimum atomic E-state index is -0.259. The number of pyridine rings is 1. The highest BCUT2D eigenvalue weighted by Gasteiger charge is 2.42. The summed E-state index contributed by atoms with van der Waals surface area (Å²) >= 11 is 0. The molecule has 2 aliphatic rings. The van der Waals surface area contributed by atoms with Crippen molar-refractivity contribution in [2.45, 2.75) is 32.4 Å². The molecule has 0 radical (unpaired) electrons. The zero-order valence-electron chi connectivity index (χ0n) is 19.0. The molecule has 0 saturated carbocycles. The summed E-state index contributed by atoms with van der Waals surface area (Å²) in [5, 5.41) is 0. The van der Waals surface area contributed by atoms with E-state index in [-0.39, 0.29) is 24.4 Å². The second kappa shape index (κ2) is 9.53. The predicted molar refractivity (Wildman–Crippen MR) is 123 cm³/mol. The Bertz CT molecular complexity index is 996. The highest BCUT2D eigenvalue weighted by atomic mass is 16.5. The number of hydrogen-bond donors (Lipinski definition) is 0. The number of benzene rings is 1. The number of nitrogens with zero attached hydrogens (tertiary/aromatic N) is 4. The van der Waals surface area contributed by atoms with Gasteiger partial charge in [0, 0.05) is 25.5 Å². The molecule has 0 N–H and O–H groups in total. The lowest BCUT2D eigenvalue weighted by molar-refractivity contribution is -0.138. The maximum absolute atomic E-state index is 13.6. The number of aromatic nitrogens is 1. The van der Waals surface area contributed by atoms with Gasteiger partial charge in [-0.25, -0.2) is 0 Å². The molecule has 2 aliphatic heterocycles. The lowest BCUT2D eigenvalue weighted by atomic mass is 10.00. The number of piperidine rings is 1. The smallest absolute Gasteiger partial charge is 0.278 e. The fourth-order valence-electron chi connectivity index (χ4n) is 4.41. The Balaban J connectivity index is 1.70. The Kier molecular flexibility index (Phi) is 6.55. The van der Waals surface area contributed by atoms with Crippen molar-refractivity contribution in [2.24, 2.45) is 0 Å². The highest BCUT2D eigenvalue weighted by Crippen LogP contribution is 2.35. The molecule has 2 aromatic rings. The Morgan fingerprint density at radius 1 is 1.03 bits per heavy atom. The zero-order valence-corrected chi connectivity index (χ0v) is 19.0. The van der Waals surface area contributed by atoms with Gasteiger partial charge in [0.15, 0.2) is 0 Å². The summed E-state index contributed by atoms with van der Waals surface area (Å²) in [4.78, 5) is 36.8. The monoisotopic (exact) mass is 434 g/mol. The number of likely N-dealkylation sites (N-methyl/N-ethyl adjacent to an activating group) is 1. The third kappa shape index (κ3) is 4.39. The van der Waals surface area contributed by atoms with E-state index in [1.165, 1.54) is 4.90 Å². The number of imide groups is 1. The number of carbonyl (C=O) groups is 2. The lowest BCUT2D eigenvalue weighted by Gasteiger charge is -2.36. The molecule has 4 rings (SSSR count). The number of ether oxygens (including phenoxy) is 1. The molecule has 3 heterocycles. The molecular weight excluding hydrogens is 404 g/mol. The van der Waals surface area contributed by atoms with Crippen LogP contribution in [0.1, 0.15) is 30.9 Å². The third-order valence-electron chi connectivity index (χ3n) is 6.28. The number of likely N-dealkylation sites (tertiary alicyclic amines) is 1. The van der Waals surface area contributed by atoms with Crippen molar-refractivity contribution >= 4 is 17.4 Å². The first-order valence-corrected chi connectivity index (χ1v) is 11.1. The Hall–Kier alpha value is -3.19. The van der Waals surface area contributed by atoms with Gasteiger partial charge in [-0.05, 0) is 75.3 Å². The van der Waals surface area contributed by atoms with Gasteiger partial charge in [0.25, 0.3) is 11.8 Å². The van der Waals surface area contributed by atoms with Gasteiger partial charge in [-0.1, -0.05) is 12.1 Å². The molecule has 7 heteroatoms. The maximum atomic E-state index is 13.6. The van der Waals surface area contributed by atoms with E-state index in [9.17, 15) is 9.59 Å². The molecule has 1 fully saturated rings. The predicted octanol–water partition coefficient (Wildman–Crippen LogP) is 2.79. The van der Waals surface area contributed by atoms with Crippen molar-refractivity contribution < 1.29 is 14.3 Å². The summed E-state index contributed by atoms with van der Waals surface area (Å²) in [6, 6.07) is 11.3. The number of carbonyl (C=O) groups excluding carboxylic acids is 2. The maximum Gasteiger partial charge on any atom is 0.278 e. The SMILES string of the molecule is CCOc1ccc(C2=C(N(C)C3CCN(C)CC3)C(=O)N(Cc3ccncc3)C2=O)cc1. The van der Waals surface area contributed by atoms with E-state index >= 15 is 0 Å². The van der Waals surface area contributed by atoms with Gasteiger partial charge in [0.2, 0.25) is 0 Å². The molecule has 0 bridgehead atoms. The van der Waals surface area contributed by atoms with Gasteiger partial charge in [0.05, 0.1) is 18.7 Å². The summed E-state index contributed by atoms with van der Waals surface area (Å²) in [6.07, 6.45) is 5.26. The molecule has 32 heavy (non-hydrogen) atoms. The van der Waals surface area contributed by atoms with Gasteiger partial charge in [0.1, 0.15) is 11.4 Å². The lowest BCUT2D eigenvalue weighted by Crippen LogP contribution is -2.43. The fourth-order valence-corrected chi connectivity index (χ4v) is 4.41. The van der Waals surface area contributed by atoms with Crippen LogP contribution in [-0.4, -0.2) is 71.3 Å². The van der Waals surface area contributed by atoms with Crippen molar-refractivity contribution in [1.29, 1.82) is 0 Å². The van der Waals surface area contributed by atoms with Gasteiger partial charge in [-0.15, -0.1) is 0 Å². The quantitative estimate of drug-likeness (QED) is 0.625. The minimum absolute atomic E-state index is 0.219. The largest absolute Gasteiger partial charge is 0.494 e. The average Bonchev–Trinajstić information content (AvgIpc) is 3.05. The van der Waals surface area contributed by atoms with Crippen molar-refractivity contribution in [3.05, 3.63) is 65.6 Å². The molecule has 1 aromatic heterocycles. The molecule has 0 aliphatic carbocycles. The summed E-state index contributed by atoms with van der Waals surface area (Å²) in [5.41, 5.74) is 2.56. The fraction of sp³-hybridized carbons (Fsp3) is 0.400. The van der Waals surface area contributed by atoms with Crippen molar-refractivity contribution in [1.82, 2.24) is 19.7 Å². The van der Waals surface area contributed by atoms with Crippen LogP contribution in [0.5, 0.6) is 5.75 Å². The normalized spacial score (nSPS) is 17.9. The summed E-state index contributed by atoms with van der Waals surface area (Å²) in [5.74, 6) is 0.246. The molecule has 0 atom stereocenters. The van der Waals surface area contributed by atoms with Crippen LogP contribution in [0.4, 0.5) is 0 Å². The van der Waals surface area contributed by atoms with E-state index in [1.807, 2.05) is 55.3 Å². The van der Waals surface area contributed by atoms with E-state index in [2.05, 4.69) is 16.9 Å². The van der Waals surface area contributed by atoms with E-state index < -0.39 is 0 Å². The van der Waals surface area contributed by atoms with E-state index in [4.69, 9.17) is 4.74 Å². The topological polar surface area (TPSA) is 66.0 Å². The molecule has 1 saturated heterocycles. The first kappa shape index (κ1) is 22.0. The standard InChI is InChI=1S/C25H30N4O3/c1-4-32-21-7-5-19(6-8-21)22-23(28(3)20-11-15-27(2)16-12-20)25(31)29(24(22)30)17-18-9-13-26-14-10-18/h5-10,13-14,20H,4,11-12,15-17H2,1-3H3. The highest BCUT2D eigenvalue weighted by molar-refractivity contribution is 6.35. The van der Waals surface area contributed by atoms with E-state index in [0.717, 1.165) is 42.8 Å². The molecule has 1 aromatic carbocycles.